The minimum absolute atomic E-state index is 0.000226. The van der Waals surface area contributed by atoms with Crippen LogP contribution in [0.15, 0.2) is 12.3 Å². The maximum atomic E-state index is 12.7. The van der Waals surface area contributed by atoms with E-state index in [1.807, 2.05) is 0 Å². The molecule has 0 radical (unpaired) electrons. The first-order valence-electron chi connectivity index (χ1n) is 5.31. The van der Waals surface area contributed by atoms with Crippen LogP contribution in [0, 0.1) is 0 Å². The summed E-state index contributed by atoms with van der Waals surface area (Å²) in [7, 11) is 0. The quantitative estimate of drug-likeness (QED) is 0.909. The average molecular weight is 309 g/mol. The van der Waals surface area contributed by atoms with Crippen LogP contribution in [0.25, 0.3) is 5.65 Å². The second kappa shape index (κ2) is 4.82. The van der Waals surface area contributed by atoms with Crippen molar-refractivity contribution in [3.8, 4) is 0 Å². The molecule has 0 amide bonds. The van der Waals surface area contributed by atoms with Crippen molar-refractivity contribution in [1.29, 1.82) is 0 Å². The average Bonchev–Trinajstić information content (AvgIpc) is 2.71. The highest BCUT2D eigenvalue weighted by Gasteiger charge is 2.32. The lowest BCUT2D eigenvalue weighted by molar-refractivity contribution is -0.138. The van der Waals surface area contributed by atoms with Crippen molar-refractivity contribution < 1.29 is 23.1 Å². The number of nitrogens with one attached hydrogen (secondary N) is 1. The van der Waals surface area contributed by atoms with Crippen LogP contribution >= 0.6 is 11.6 Å². The standard InChI is InChI=1S/C10H8ClF3N4O2/c1-4(8(19)20)15-9-17-16-7-6(11)2-5(3-18(7)9)10(12,13)14/h2-4H,1H3,(H,15,17)(H,19,20). The Morgan fingerprint density at radius 1 is 1.50 bits per heavy atom. The number of halogens is 4. The molecule has 0 fully saturated rings. The highest BCUT2D eigenvalue weighted by molar-refractivity contribution is 6.33. The zero-order chi connectivity index (χ0) is 15.1. The molecule has 108 valence electrons. The van der Waals surface area contributed by atoms with Gasteiger partial charge in [-0.05, 0) is 13.0 Å². The Bertz CT molecular complexity index is 670. The number of carbonyl (C=O) groups is 1. The third kappa shape index (κ3) is 2.62. The van der Waals surface area contributed by atoms with E-state index in [9.17, 15) is 18.0 Å². The van der Waals surface area contributed by atoms with Crippen LogP contribution in [-0.2, 0) is 11.0 Å². The molecule has 2 aromatic rings. The predicted molar refractivity (Wildman–Crippen MR) is 63.7 cm³/mol. The van der Waals surface area contributed by atoms with Crippen molar-refractivity contribution in [2.75, 3.05) is 5.32 Å². The van der Waals surface area contributed by atoms with Crippen LogP contribution in [0.5, 0.6) is 0 Å². The summed E-state index contributed by atoms with van der Waals surface area (Å²) in [5.41, 5.74) is -0.986. The fraction of sp³-hybridized carbons (Fsp3) is 0.300. The molecule has 2 heterocycles. The zero-order valence-electron chi connectivity index (χ0n) is 9.94. The smallest absolute Gasteiger partial charge is 0.417 e. The van der Waals surface area contributed by atoms with Gasteiger partial charge in [0.15, 0.2) is 5.65 Å². The Hall–Kier alpha value is -2.03. The van der Waals surface area contributed by atoms with E-state index in [0.717, 1.165) is 16.7 Å². The highest BCUT2D eigenvalue weighted by atomic mass is 35.5. The summed E-state index contributed by atoms with van der Waals surface area (Å²) < 4.78 is 39.1. The Labute approximate surface area is 115 Å². The predicted octanol–water partition coefficient (Wildman–Crippen LogP) is 2.29. The first-order chi connectivity index (χ1) is 9.20. The number of hydrogen-bond donors (Lipinski definition) is 2. The first-order valence-corrected chi connectivity index (χ1v) is 5.68. The molecule has 10 heteroatoms. The van der Waals surface area contributed by atoms with Gasteiger partial charge in [-0.25, -0.2) is 0 Å². The summed E-state index contributed by atoms with van der Waals surface area (Å²) in [6.07, 6.45) is -3.84. The number of aromatic nitrogens is 3. The van der Waals surface area contributed by atoms with Crippen molar-refractivity contribution >= 4 is 29.2 Å². The Morgan fingerprint density at radius 2 is 2.15 bits per heavy atom. The highest BCUT2D eigenvalue weighted by Crippen LogP contribution is 2.32. The van der Waals surface area contributed by atoms with Crippen molar-refractivity contribution in [2.24, 2.45) is 0 Å². The second-order valence-electron chi connectivity index (χ2n) is 4.00. The number of fused-ring (bicyclic) bond motifs is 1. The Morgan fingerprint density at radius 3 is 2.70 bits per heavy atom. The number of carboxylic acid groups (broad SMARTS) is 1. The molecule has 0 spiro atoms. The van der Waals surface area contributed by atoms with E-state index in [-0.39, 0.29) is 16.6 Å². The number of aliphatic carboxylic acids is 1. The van der Waals surface area contributed by atoms with Gasteiger partial charge < -0.3 is 10.4 Å². The number of alkyl halides is 3. The summed E-state index contributed by atoms with van der Waals surface area (Å²) in [6, 6.07) is -0.314. The maximum absolute atomic E-state index is 12.7. The number of nitrogens with zero attached hydrogens (tertiary/aromatic N) is 3. The monoisotopic (exact) mass is 308 g/mol. The third-order valence-electron chi connectivity index (χ3n) is 2.50. The lowest BCUT2D eigenvalue weighted by Crippen LogP contribution is -2.26. The van der Waals surface area contributed by atoms with Gasteiger partial charge in [-0.15, -0.1) is 10.2 Å². The molecule has 0 saturated carbocycles. The van der Waals surface area contributed by atoms with E-state index in [4.69, 9.17) is 16.7 Å². The molecule has 2 N–H and O–H groups in total. The normalized spacial score (nSPS) is 13.4. The molecule has 2 aromatic heterocycles. The van der Waals surface area contributed by atoms with Crippen LogP contribution < -0.4 is 5.32 Å². The van der Waals surface area contributed by atoms with Gasteiger partial charge in [-0.1, -0.05) is 11.6 Å². The lowest BCUT2D eigenvalue weighted by atomic mass is 10.3. The third-order valence-corrected chi connectivity index (χ3v) is 2.78. The topological polar surface area (TPSA) is 79.5 Å². The molecule has 2 rings (SSSR count). The fourth-order valence-corrected chi connectivity index (χ4v) is 1.71. The SMILES string of the molecule is CC(Nc1nnc2c(Cl)cc(C(F)(F)F)cn12)C(=O)O. The number of carboxylic acids is 1. The number of pyridine rings is 1. The van der Waals surface area contributed by atoms with E-state index >= 15 is 0 Å². The summed E-state index contributed by atoms with van der Waals surface area (Å²) in [6.45, 7) is 1.32. The molecule has 0 aliphatic rings. The lowest BCUT2D eigenvalue weighted by Gasteiger charge is -2.11. The van der Waals surface area contributed by atoms with Gasteiger partial charge in [0.25, 0.3) is 0 Å². The van der Waals surface area contributed by atoms with Gasteiger partial charge in [0, 0.05) is 6.20 Å². The Balaban J connectivity index is 2.53. The van der Waals surface area contributed by atoms with Crippen LogP contribution in [-0.4, -0.2) is 31.7 Å². The minimum atomic E-state index is -4.59. The molecule has 0 aliphatic heterocycles. The molecule has 1 unspecified atom stereocenters. The zero-order valence-corrected chi connectivity index (χ0v) is 10.7. The summed E-state index contributed by atoms with van der Waals surface area (Å²) in [5, 5.41) is 18.2. The van der Waals surface area contributed by atoms with Crippen LogP contribution in [0.1, 0.15) is 12.5 Å². The van der Waals surface area contributed by atoms with Gasteiger partial charge in [-0.2, -0.15) is 13.2 Å². The van der Waals surface area contributed by atoms with Gasteiger partial charge in [-0.3, -0.25) is 9.20 Å². The molecular weight excluding hydrogens is 301 g/mol. The number of hydrogen-bond acceptors (Lipinski definition) is 4. The molecule has 1 atom stereocenters. The number of rotatable bonds is 3. The second-order valence-corrected chi connectivity index (χ2v) is 4.40. The van der Waals surface area contributed by atoms with Gasteiger partial charge in [0.2, 0.25) is 5.95 Å². The Kier molecular flexibility index (Phi) is 3.46. The van der Waals surface area contributed by atoms with Crippen molar-refractivity contribution in [3.05, 3.63) is 22.8 Å². The van der Waals surface area contributed by atoms with E-state index < -0.39 is 23.8 Å². The van der Waals surface area contributed by atoms with E-state index in [1.165, 1.54) is 6.92 Å². The molecular formula is C10H8ClF3N4O2. The molecule has 0 saturated heterocycles. The van der Waals surface area contributed by atoms with Crippen molar-refractivity contribution in [1.82, 2.24) is 14.6 Å². The number of anilines is 1. The fourth-order valence-electron chi connectivity index (χ4n) is 1.46. The van der Waals surface area contributed by atoms with Crippen LogP contribution in [0.3, 0.4) is 0 Å². The molecule has 0 bridgehead atoms. The van der Waals surface area contributed by atoms with E-state index in [1.54, 1.807) is 0 Å². The van der Waals surface area contributed by atoms with Crippen LogP contribution in [0.4, 0.5) is 19.1 Å². The summed E-state index contributed by atoms with van der Waals surface area (Å²) >= 11 is 5.71. The maximum Gasteiger partial charge on any atom is 0.417 e. The molecule has 6 nitrogen and oxygen atoms in total. The van der Waals surface area contributed by atoms with Crippen molar-refractivity contribution in [3.63, 3.8) is 0 Å². The van der Waals surface area contributed by atoms with Gasteiger partial charge >= 0.3 is 12.1 Å². The van der Waals surface area contributed by atoms with Crippen molar-refractivity contribution in [2.45, 2.75) is 19.1 Å². The summed E-state index contributed by atoms with van der Waals surface area (Å²) in [5.74, 6) is -1.32. The van der Waals surface area contributed by atoms with E-state index in [0.29, 0.717) is 0 Å². The molecule has 20 heavy (non-hydrogen) atoms. The van der Waals surface area contributed by atoms with Gasteiger partial charge in [0.1, 0.15) is 6.04 Å². The summed E-state index contributed by atoms with van der Waals surface area (Å²) in [4.78, 5) is 10.7. The minimum Gasteiger partial charge on any atom is -0.480 e. The van der Waals surface area contributed by atoms with Gasteiger partial charge in [0.05, 0.1) is 10.6 Å². The van der Waals surface area contributed by atoms with E-state index in [2.05, 4.69) is 15.5 Å². The molecule has 0 aromatic carbocycles. The van der Waals surface area contributed by atoms with Crippen LogP contribution in [0.2, 0.25) is 5.02 Å². The largest absolute Gasteiger partial charge is 0.480 e. The first kappa shape index (κ1) is 14.4. The molecule has 0 aliphatic carbocycles.